The van der Waals surface area contributed by atoms with Crippen LogP contribution in [-0.4, -0.2) is 47.0 Å². The van der Waals surface area contributed by atoms with Crippen LogP contribution >= 0.6 is 0 Å². The number of β-amino-alcohol motifs (C(OH)–C–C–N with tert-alkyl or cyclic N) is 1. The second-order valence-electron chi connectivity index (χ2n) is 4.40. The maximum absolute atomic E-state index is 11.6. The van der Waals surface area contributed by atoms with Gasteiger partial charge in [-0.05, 0) is 13.3 Å². The van der Waals surface area contributed by atoms with E-state index in [2.05, 4.69) is 4.74 Å². The molecule has 0 aromatic rings. The van der Waals surface area contributed by atoms with Crippen molar-refractivity contribution in [3.63, 3.8) is 0 Å². The summed E-state index contributed by atoms with van der Waals surface area (Å²) in [5.74, 6) is -1.30. The molecule has 0 bridgehead atoms. The molecule has 3 unspecified atom stereocenters. The third-order valence-corrected chi connectivity index (χ3v) is 3.06. The fourth-order valence-electron chi connectivity index (χ4n) is 2.12. The molecule has 1 N–H and O–H groups in total. The number of aliphatic hydroxyl groups is 1. The Hall–Kier alpha value is -1.43. The van der Waals surface area contributed by atoms with Gasteiger partial charge in [-0.3, -0.25) is 19.3 Å². The number of amides is 2. The Morgan fingerprint density at radius 1 is 1.47 bits per heavy atom. The van der Waals surface area contributed by atoms with Crippen LogP contribution in [0.2, 0.25) is 0 Å². The van der Waals surface area contributed by atoms with Crippen LogP contribution < -0.4 is 0 Å². The maximum atomic E-state index is 11.6. The smallest absolute Gasteiger partial charge is 0.308 e. The van der Waals surface area contributed by atoms with Gasteiger partial charge in [0.25, 0.3) is 0 Å². The van der Waals surface area contributed by atoms with Crippen molar-refractivity contribution in [1.29, 1.82) is 0 Å². The van der Waals surface area contributed by atoms with E-state index >= 15 is 0 Å². The lowest BCUT2D eigenvalue weighted by molar-refractivity contribution is -0.149. The SMILES string of the molecule is CCOC(=O)CC(O)CN1C(=O)C2CC2C1=O. The van der Waals surface area contributed by atoms with Crippen LogP contribution in [0.15, 0.2) is 0 Å². The molecule has 3 atom stereocenters. The number of hydrogen-bond donors (Lipinski definition) is 1. The van der Waals surface area contributed by atoms with Gasteiger partial charge in [0.2, 0.25) is 11.8 Å². The summed E-state index contributed by atoms with van der Waals surface area (Å²) < 4.78 is 4.67. The van der Waals surface area contributed by atoms with Crippen molar-refractivity contribution in [1.82, 2.24) is 4.90 Å². The number of ether oxygens (including phenoxy) is 1. The first kappa shape index (κ1) is 12.0. The molecule has 6 heteroatoms. The summed E-state index contributed by atoms with van der Waals surface area (Å²) in [6.07, 6.45) is -0.595. The number of piperidine rings is 1. The number of fused-ring (bicyclic) bond motifs is 1. The Morgan fingerprint density at radius 2 is 2.06 bits per heavy atom. The van der Waals surface area contributed by atoms with Gasteiger partial charge in [0.1, 0.15) is 0 Å². The van der Waals surface area contributed by atoms with E-state index in [0.717, 1.165) is 4.90 Å². The fraction of sp³-hybridized carbons (Fsp3) is 0.727. The molecule has 2 aliphatic rings. The van der Waals surface area contributed by atoms with Crippen LogP contribution in [0.1, 0.15) is 19.8 Å². The van der Waals surface area contributed by atoms with Crippen molar-refractivity contribution >= 4 is 17.8 Å². The average Bonchev–Trinajstić information content (AvgIpc) is 2.99. The van der Waals surface area contributed by atoms with Crippen molar-refractivity contribution in [2.24, 2.45) is 11.8 Å². The topological polar surface area (TPSA) is 83.9 Å². The predicted octanol–water partition coefficient (Wildman–Crippen LogP) is -0.695. The lowest BCUT2D eigenvalue weighted by Crippen LogP contribution is -2.39. The lowest BCUT2D eigenvalue weighted by atomic mass is 10.2. The first-order chi connectivity index (χ1) is 8.04. The molecule has 94 valence electrons. The van der Waals surface area contributed by atoms with E-state index < -0.39 is 12.1 Å². The number of esters is 1. The van der Waals surface area contributed by atoms with Gasteiger partial charge >= 0.3 is 5.97 Å². The highest BCUT2D eigenvalue weighted by molar-refractivity contribution is 6.08. The van der Waals surface area contributed by atoms with Crippen molar-refractivity contribution in [2.45, 2.75) is 25.9 Å². The number of hydrogen-bond acceptors (Lipinski definition) is 5. The number of rotatable bonds is 5. The van der Waals surface area contributed by atoms with E-state index in [-0.39, 0.29) is 43.2 Å². The zero-order chi connectivity index (χ0) is 12.6. The second-order valence-corrected chi connectivity index (χ2v) is 4.40. The molecule has 6 nitrogen and oxygen atoms in total. The third kappa shape index (κ3) is 2.31. The summed E-state index contributed by atoms with van der Waals surface area (Å²) in [5, 5.41) is 9.60. The molecule has 0 spiro atoms. The Labute approximate surface area is 98.5 Å². The quantitative estimate of drug-likeness (QED) is 0.508. The normalized spacial score (nSPS) is 28.0. The molecule has 1 saturated heterocycles. The summed E-state index contributed by atoms with van der Waals surface area (Å²) >= 11 is 0. The van der Waals surface area contributed by atoms with Gasteiger partial charge in [-0.25, -0.2) is 0 Å². The molecule has 1 aliphatic carbocycles. The van der Waals surface area contributed by atoms with Crippen LogP contribution in [0, 0.1) is 11.8 Å². The molecule has 1 heterocycles. The molecular weight excluding hydrogens is 226 g/mol. The second kappa shape index (κ2) is 4.44. The van der Waals surface area contributed by atoms with E-state index in [1.54, 1.807) is 6.92 Å². The molecule has 17 heavy (non-hydrogen) atoms. The van der Waals surface area contributed by atoms with E-state index in [0.29, 0.717) is 6.42 Å². The number of aliphatic hydroxyl groups excluding tert-OH is 1. The van der Waals surface area contributed by atoms with Gasteiger partial charge in [0, 0.05) is 0 Å². The van der Waals surface area contributed by atoms with E-state index in [9.17, 15) is 19.5 Å². The summed E-state index contributed by atoms with van der Waals surface area (Å²) in [7, 11) is 0. The minimum absolute atomic E-state index is 0.108. The molecule has 2 fully saturated rings. The molecule has 1 saturated carbocycles. The van der Waals surface area contributed by atoms with Gasteiger partial charge < -0.3 is 9.84 Å². The van der Waals surface area contributed by atoms with Crippen LogP contribution in [0.3, 0.4) is 0 Å². The summed E-state index contributed by atoms with van der Waals surface area (Å²) in [6, 6.07) is 0. The van der Waals surface area contributed by atoms with Gasteiger partial charge in [0.05, 0.1) is 37.5 Å². The van der Waals surface area contributed by atoms with E-state index in [1.807, 2.05) is 0 Å². The molecule has 0 radical (unpaired) electrons. The third-order valence-electron chi connectivity index (χ3n) is 3.06. The Bertz CT molecular complexity index is 347. The molecule has 2 rings (SSSR count). The van der Waals surface area contributed by atoms with Crippen molar-refractivity contribution in [2.75, 3.05) is 13.2 Å². The number of carbonyl (C=O) groups is 3. The van der Waals surface area contributed by atoms with Crippen molar-refractivity contribution < 1.29 is 24.2 Å². The zero-order valence-electron chi connectivity index (χ0n) is 9.59. The van der Waals surface area contributed by atoms with Crippen LogP contribution in [0.5, 0.6) is 0 Å². The first-order valence-corrected chi connectivity index (χ1v) is 5.73. The monoisotopic (exact) mass is 241 g/mol. The highest BCUT2D eigenvalue weighted by Crippen LogP contribution is 2.46. The number of likely N-dealkylation sites (tertiary alicyclic amines) is 1. The van der Waals surface area contributed by atoms with Crippen LogP contribution in [0.4, 0.5) is 0 Å². The number of carbonyl (C=O) groups excluding carboxylic acids is 3. The van der Waals surface area contributed by atoms with E-state index in [1.165, 1.54) is 0 Å². The van der Waals surface area contributed by atoms with E-state index in [4.69, 9.17) is 0 Å². The largest absolute Gasteiger partial charge is 0.466 e. The fourth-order valence-corrected chi connectivity index (χ4v) is 2.12. The minimum Gasteiger partial charge on any atom is -0.466 e. The van der Waals surface area contributed by atoms with Gasteiger partial charge in [0.15, 0.2) is 0 Å². The summed E-state index contributed by atoms with van der Waals surface area (Å²) in [4.78, 5) is 35.3. The van der Waals surface area contributed by atoms with Gasteiger partial charge in [-0.15, -0.1) is 0 Å². The zero-order valence-corrected chi connectivity index (χ0v) is 9.59. The first-order valence-electron chi connectivity index (χ1n) is 5.73. The predicted molar refractivity (Wildman–Crippen MR) is 55.6 cm³/mol. The van der Waals surface area contributed by atoms with Gasteiger partial charge in [-0.2, -0.15) is 0 Å². The molecule has 2 amide bonds. The standard InChI is InChI=1S/C11H15NO5/c1-2-17-9(14)3-6(13)5-12-10(15)7-4-8(7)11(12)16/h6-8,13H,2-5H2,1H3. The highest BCUT2D eigenvalue weighted by atomic mass is 16.5. The number of nitrogens with zero attached hydrogens (tertiary/aromatic N) is 1. The maximum Gasteiger partial charge on any atom is 0.308 e. The number of imide groups is 1. The Morgan fingerprint density at radius 3 is 2.59 bits per heavy atom. The summed E-state index contributed by atoms with van der Waals surface area (Å²) in [5.41, 5.74) is 0. The molecule has 0 aromatic carbocycles. The van der Waals surface area contributed by atoms with Crippen molar-refractivity contribution in [3.05, 3.63) is 0 Å². The molecule has 0 aromatic heterocycles. The van der Waals surface area contributed by atoms with Gasteiger partial charge in [-0.1, -0.05) is 0 Å². The Kier molecular flexibility index (Phi) is 3.15. The lowest BCUT2D eigenvalue weighted by Gasteiger charge is -2.19. The molecule has 1 aliphatic heterocycles. The summed E-state index contributed by atoms with van der Waals surface area (Å²) in [6.45, 7) is 1.81. The average molecular weight is 241 g/mol. The Balaban J connectivity index is 1.83. The van der Waals surface area contributed by atoms with Crippen molar-refractivity contribution in [3.8, 4) is 0 Å². The highest BCUT2D eigenvalue weighted by Gasteiger charge is 2.58. The molecular formula is C11H15NO5. The van der Waals surface area contributed by atoms with Crippen LogP contribution in [0.25, 0.3) is 0 Å². The minimum atomic E-state index is -1.04. The van der Waals surface area contributed by atoms with Crippen LogP contribution in [-0.2, 0) is 19.1 Å².